The number of carbonyl (C=O) groups is 1. The number of carbonyl (C=O) groups excluding carboxylic acids is 1. The molecule has 98 valence electrons. The van der Waals surface area contributed by atoms with E-state index >= 15 is 0 Å². The zero-order chi connectivity index (χ0) is 12.3. The molecule has 1 aliphatic heterocycles. The van der Waals surface area contributed by atoms with Gasteiger partial charge in [0, 0.05) is 26.7 Å². The normalized spacial score (nSPS) is 28.0. The van der Waals surface area contributed by atoms with Crippen molar-refractivity contribution in [2.75, 3.05) is 33.3 Å². The van der Waals surface area contributed by atoms with Gasteiger partial charge in [-0.05, 0) is 12.8 Å². The van der Waals surface area contributed by atoms with Crippen LogP contribution in [0.4, 0.5) is 0 Å². The highest BCUT2D eigenvalue weighted by molar-refractivity contribution is 5.81. The SMILES string of the molecule is CN(CC1(O)CCCC1)C(=O)C1CNCCO1. The number of hydrogen-bond donors (Lipinski definition) is 2. The van der Waals surface area contributed by atoms with Gasteiger partial charge in [-0.2, -0.15) is 0 Å². The first-order valence-corrected chi connectivity index (χ1v) is 6.40. The summed E-state index contributed by atoms with van der Waals surface area (Å²) in [7, 11) is 1.75. The Hall–Kier alpha value is -0.650. The van der Waals surface area contributed by atoms with E-state index < -0.39 is 11.7 Å². The Kier molecular flexibility index (Phi) is 4.01. The van der Waals surface area contributed by atoms with E-state index in [9.17, 15) is 9.90 Å². The third-order valence-corrected chi connectivity index (χ3v) is 3.65. The molecule has 2 aliphatic rings. The highest BCUT2D eigenvalue weighted by atomic mass is 16.5. The molecule has 1 heterocycles. The van der Waals surface area contributed by atoms with Crippen molar-refractivity contribution in [2.24, 2.45) is 0 Å². The predicted molar refractivity (Wildman–Crippen MR) is 63.7 cm³/mol. The first-order chi connectivity index (χ1) is 8.11. The van der Waals surface area contributed by atoms with Crippen molar-refractivity contribution in [2.45, 2.75) is 37.4 Å². The summed E-state index contributed by atoms with van der Waals surface area (Å²) in [4.78, 5) is 13.7. The summed E-state index contributed by atoms with van der Waals surface area (Å²) in [5.74, 6) is -0.0301. The van der Waals surface area contributed by atoms with Gasteiger partial charge in [-0.1, -0.05) is 12.8 Å². The standard InChI is InChI=1S/C12H22N2O3/c1-14(9-12(16)4-2-3-5-12)11(15)10-8-13-6-7-17-10/h10,13,16H,2-9H2,1H3. The summed E-state index contributed by atoms with van der Waals surface area (Å²) in [6.45, 7) is 2.37. The van der Waals surface area contributed by atoms with Gasteiger partial charge in [-0.25, -0.2) is 0 Å². The van der Waals surface area contributed by atoms with E-state index in [1.165, 1.54) is 0 Å². The van der Waals surface area contributed by atoms with E-state index in [0.29, 0.717) is 19.7 Å². The minimum Gasteiger partial charge on any atom is -0.388 e. The fourth-order valence-corrected chi connectivity index (χ4v) is 2.68. The third-order valence-electron chi connectivity index (χ3n) is 3.65. The van der Waals surface area contributed by atoms with E-state index in [4.69, 9.17) is 4.74 Å². The average molecular weight is 242 g/mol. The van der Waals surface area contributed by atoms with Crippen LogP contribution in [-0.4, -0.2) is 60.9 Å². The fourth-order valence-electron chi connectivity index (χ4n) is 2.68. The highest BCUT2D eigenvalue weighted by Gasteiger charge is 2.35. The van der Waals surface area contributed by atoms with E-state index in [-0.39, 0.29) is 5.91 Å². The molecule has 0 bridgehead atoms. The number of aliphatic hydroxyl groups is 1. The van der Waals surface area contributed by atoms with Gasteiger partial charge >= 0.3 is 0 Å². The minimum absolute atomic E-state index is 0.0301. The summed E-state index contributed by atoms with van der Waals surface area (Å²) >= 11 is 0. The van der Waals surface area contributed by atoms with E-state index in [1.807, 2.05) is 0 Å². The van der Waals surface area contributed by atoms with Crippen LogP contribution in [0, 0.1) is 0 Å². The molecule has 5 nitrogen and oxygen atoms in total. The fraction of sp³-hybridized carbons (Fsp3) is 0.917. The lowest BCUT2D eigenvalue weighted by Crippen LogP contribution is -2.51. The van der Waals surface area contributed by atoms with Gasteiger partial charge in [-0.3, -0.25) is 4.79 Å². The predicted octanol–water partition coefficient (Wildman–Crippen LogP) is -0.262. The van der Waals surface area contributed by atoms with Crippen LogP contribution in [0.25, 0.3) is 0 Å². The molecule has 0 aromatic heterocycles. The van der Waals surface area contributed by atoms with Gasteiger partial charge in [0.05, 0.1) is 12.2 Å². The monoisotopic (exact) mass is 242 g/mol. The maximum absolute atomic E-state index is 12.1. The van der Waals surface area contributed by atoms with Crippen LogP contribution in [0.3, 0.4) is 0 Å². The quantitative estimate of drug-likeness (QED) is 0.716. The summed E-state index contributed by atoms with van der Waals surface area (Å²) in [6.07, 6.45) is 3.32. The van der Waals surface area contributed by atoms with Gasteiger partial charge in [0.15, 0.2) is 0 Å². The topological polar surface area (TPSA) is 61.8 Å². The Morgan fingerprint density at radius 2 is 2.24 bits per heavy atom. The lowest BCUT2D eigenvalue weighted by Gasteiger charge is -2.32. The maximum Gasteiger partial charge on any atom is 0.252 e. The van der Waals surface area contributed by atoms with Crippen molar-refractivity contribution < 1.29 is 14.6 Å². The molecule has 17 heavy (non-hydrogen) atoms. The van der Waals surface area contributed by atoms with Crippen LogP contribution >= 0.6 is 0 Å². The van der Waals surface area contributed by atoms with E-state index in [1.54, 1.807) is 11.9 Å². The lowest BCUT2D eigenvalue weighted by atomic mass is 10.0. The molecule has 0 aromatic carbocycles. The molecule has 5 heteroatoms. The molecule has 1 atom stereocenters. The summed E-state index contributed by atoms with van der Waals surface area (Å²) < 4.78 is 5.42. The molecule has 1 unspecified atom stereocenters. The van der Waals surface area contributed by atoms with Crippen molar-refractivity contribution in [1.29, 1.82) is 0 Å². The molecule has 0 aromatic rings. The second kappa shape index (κ2) is 5.33. The van der Waals surface area contributed by atoms with Crippen molar-refractivity contribution in [3.63, 3.8) is 0 Å². The lowest BCUT2D eigenvalue weighted by molar-refractivity contribution is -0.147. The summed E-state index contributed by atoms with van der Waals surface area (Å²) in [5.41, 5.74) is -0.674. The van der Waals surface area contributed by atoms with Crippen molar-refractivity contribution in [3.05, 3.63) is 0 Å². The Balaban J connectivity index is 1.85. The number of hydrogen-bond acceptors (Lipinski definition) is 4. The Morgan fingerprint density at radius 1 is 1.53 bits per heavy atom. The van der Waals surface area contributed by atoms with Crippen LogP contribution in [0.1, 0.15) is 25.7 Å². The first kappa shape index (κ1) is 12.8. The van der Waals surface area contributed by atoms with Gasteiger partial charge < -0.3 is 20.1 Å². The van der Waals surface area contributed by atoms with E-state index in [0.717, 1.165) is 32.2 Å². The highest BCUT2D eigenvalue weighted by Crippen LogP contribution is 2.30. The Morgan fingerprint density at radius 3 is 2.82 bits per heavy atom. The second-order valence-electron chi connectivity index (χ2n) is 5.19. The number of ether oxygens (including phenoxy) is 1. The minimum atomic E-state index is -0.674. The van der Waals surface area contributed by atoms with Crippen LogP contribution in [0.15, 0.2) is 0 Å². The van der Waals surface area contributed by atoms with Gasteiger partial charge in [0.1, 0.15) is 6.10 Å². The van der Waals surface area contributed by atoms with Crippen molar-refractivity contribution in [1.82, 2.24) is 10.2 Å². The molecular weight excluding hydrogens is 220 g/mol. The van der Waals surface area contributed by atoms with Crippen LogP contribution in [0.5, 0.6) is 0 Å². The van der Waals surface area contributed by atoms with Crippen LogP contribution in [0.2, 0.25) is 0 Å². The molecular formula is C12H22N2O3. The Bertz CT molecular complexity index is 271. The third kappa shape index (κ3) is 3.18. The zero-order valence-corrected chi connectivity index (χ0v) is 10.4. The number of likely N-dealkylation sites (N-methyl/N-ethyl adjacent to an activating group) is 1. The zero-order valence-electron chi connectivity index (χ0n) is 10.4. The first-order valence-electron chi connectivity index (χ1n) is 6.40. The average Bonchev–Trinajstić information content (AvgIpc) is 2.76. The molecule has 2 fully saturated rings. The maximum atomic E-state index is 12.1. The molecule has 0 radical (unpaired) electrons. The second-order valence-corrected chi connectivity index (χ2v) is 5.19. The molecule has 1 saturated heterocycles. The molecule has 0 spiro atoms. The van der Waals surface area contributed by atoms with Crippen molar-refractivity contribution in [3.8, 4) is 0 Å². The number of rotatable bonds is 3. The number of nitrogens with zero attached hydrogens (tertiary/aromatic N) is 1. The summed E-state index contributed by atoms with van der Waals surface area (Å²) in [6, 6.07) is 0. The smallest absolute Gasteiger partial charge is 0.252 e. The number of nitrogens with one attached hydrogen (secondary N) is 1. The van der Waals surface area contributed by atoms with Gasteiger partial charge in [0.2, 0.25) is 0 Å². The molecule has 1 saturated carbocycles. The van der Waals surface area contributed by atoms with Crippen molar-refractivity contribution >= 4 is 5.91 Å². The van der Waals surface area contributed by atoms with Crippen LogP contribution in [-0.2, 0) is 9.53 Å². The van der Waals surface area contributed by atoms with Gasteiger partial charge in [0.25, 0.3) is 5.91 Å². The van der Waals surface area contributed by atoms with Gasteiger partial charge in [-0.15, -0.1) is 0 Å². The molecule has 2 rings (SSSR count). The molecule has 1 aliphatic carbocycles. The van der Waals surface area contributed by atoms with Crippen LogP contribution < -0.4 is 5.32 Å². The molecule has 2 N–H and O–H groups in total. The van der Waals surface area contributed by atoms with E-state index in [2.05, 4.69) is 5.32 Å². The molecule has 1 amide bonds. The summed E-state index contributed by atoms with van der Waals surface area (Å²) in [5, 5.41) is 13.4. The number of morpholine rings is 1. The largest absolute Gasteiger partial charge is 0.388 e. The Labute approximate surface area is 102 Å². The number of amides is 1.